The normalized spacial score (nSPS) is 17.1. The minimum Gasteiger partial charge on any atom is -0.446 e. The molecule has 1 aliphatic rings. The topological polar surface area (TPSA) is 67.7 Å². The van der Waals surface area contributed by atoms with Gasteiger partial charge in [0.2, 0.25) is 0 Å². The second-order valence-electron chi connectivity index (χ2n) is 11.5. The zero-order valence-electron chi connectivity index (χ0n) is 25.8. The maximum Gasteiger partial charge on any atom is 0.416 e. The van der Waals surface area contributed by atoms with Crippen LogP contribution in [0.2, 0.25) is 0 Å². The number of ether oxygens (including phenoxy) is 1. The first-order chi connectivity index (χ1) is 21.6. The fourth-order valence-electron chi connectivity index (χ4n) is 5.64. The highest BCUT2D eigenvalue weighted by Crippen LogP contribution is 2.46. The van der Waals surface area contributed by atoms with Crippen LogP contribution in [0.25, 0.3) is 0 Å². The second kappa shape index (κ2) is 12.8. The van der Waals surface area contributed by atoms with Crippen molar-refractivity contribution in [3.63, 3.8) is 0 Å². The summed E-state index contributed by atoms with van der Waals surface area (Å²) >= 11 is 0. The Kier molecular flexibility index (Phi) is 9.66. The van der Waals surface area contributed by atoms with Crippen molar-refractivity contribution in [2.24, 2.45) is 7.05 Å². The third kappa shape index (κ3) is 7.67. The molecule has 0 aliphatic carbocycles. The van der Waals surface area contributed by atoms with E-state index in [1.54, 1.807) is 27.7 Å². The van der Waals surface area contributed by atoms with E-state index in [0.29, 0.717) is 17.8 Å². The van der Waals surface area contributed by atoms with Crippen LogP contribution >= 0.6 is 0 Å². The zero-order chi connectivity index (χ0) is 35.2. The number of aromatic nitrogens is 2. The Morgan fingerprint density at radius 2 is 1.49 bits per heavy atom. The number of hydrogen-bond acceptors (Lipinski definition) is 4. The highest BCUT2D eigenvalue weighted by molar-refractivity contribution is 5.94. The van der Waals surface area contributed by atoms with Crippen molar-refractivity contribution in [2.75, 3.05) is 4.90 Å². The number of fused-ring (bicyclic) bond motifs is 1. The molecule has 2 heterocycles. The van der Waals surface area contributed by atoms with Crippen LogP contribution < -0.4 is 4.90 Å². The molecule has 0 N–H and O–H groups in total. The lowest BCUT2D eigenvalue weighted by Crippen LogP contribution is -2.49. The summed E-state index contributed by atoms with van der Waals surface area (Å²) in [6.45, 7) is 5.49. The maximum absolute atomic E-state index is 14.2. The summed E-state index contributed by atoms with van der Waals surface area (Å²) in [6, 6.07) is 2.58. The first kappa shape index (κ1) is 35.6. The van der Waals surface area contributed by atoms with Gasteiger partial charge in [0, 0.05) is 19.6 Å². The molecule has 0 unspecified atom stereocenters. The van der Waals surface area contributed by atoms with Crippen molar-refractivity contribution in [3.8, 4) is 0 Å². The predicted molar refractivity (Wildman–Crippen MR) is 151 cm³/mol. The minimum atomic E-state index is -5.19. The van der Waals surface area contributed by atoms with Crippen molar-refractivity contribution in [3.05, 3.63) is 81.7 Å². The largest absolute Gasteiger partial charge is 0.446 e. The van der Waals surface area contributed by atoms with E-state index >= 15 is 0 Å². The average Bonchev–Trinajstić information content (AvgIpc) is 3.29. The van der Waals surface area contributed by atoms with E-state index in [0.717, 1.165) is 32.7 Å². The molecule has 0 bridgehead atoms. The van der Waals surface area contributed by atoms with E-state index in [-0.39, 0.29) is 35.9 Å². The van der Waals surface area contributed by atoms with Crippen LogP contribution in [0.5, 0.6) is 0 Å². The van der Waals surface area contributed by atoms with Gasteiger partial charge in [-0.2, -0.15) is 44.6 Å². The SMILES string of the molecule is CC[C@@H]1C[C@H](N(Cc2cc(C(F)(F)F)cc(C(F)(F)F)c2)C(=O)c2cc(C)nn2C)c2cc(C(F)(F)F)ccc2N1C(=O)OC(C)C. The monoisotopic (exact) mass is 678 g/mol. The molecule has 16 heteroatoms. The van der Waals surface area contributed by atoms with Crippen LogP contribution in [0.1, 0.15) is 83.7 Å². The highest BCUT2D eigenvalue weighted by atomic mass is 19.4. The van der Waals surface area contributed by atoms with Gasteiger partial charge in [-0.25, -0.2) is 4.79 Å². The number of amides is 2. The van der Waals surface area contributed by atoms with Crippen molar-refractivity contribution < 1.29 is 53.8 Å². The van der Waals surface area contributed by atoms with Gasteiger partial charge in [-0.05, 0) is 87.2 Å². The van der Waals surface area contributed by atoms with Gasteiger partial charge < -0.3 is 9.64 Å². The maximum atomic E-state index is 14.2. The molecule has 3 aromatic rings. The Hall–Kier alpha value is -4.24. The van der Waals surface area contributed by atoms with Crippen molar-refractivity contribution in [1.82, 2.24) is 14.7 Å². The van der Waals surface area contributed by atoms with E-state index in [2.05, 4.69) is 5.10 Å². The van der Waals surface area contributed by atoms with Crippen molar-refractivity contribution in [2.45, 2.75) is 83.8 Å². The van der Waals surface area contributed by atoms with Crippen LogP contribution in [0.4, 0.5) is 50.0 Å². The van der Waals surface area contributed by atoms with Crippen LogP contribution in [0.15, 0.2) is 42.5 Å². The third-order valence-electron chi connectivity index (χ3n) is 7.70. The van der Waals surface area contributed by atoms with Crippen LogP contribution in [-0.4, -0.2) is 38.8 Å². The van der Waals surface area contributed by atoms with E-state index in [1.807, 2.05) is 0 Å². The van der Waals surface area contributed by atoms with Gasteiger partial charge >= 0.3 is 24.6 Å². The Labute approximate surface area is 263 Å². The van der Waals surface area contributed by atoms with Crippen LogP contribution in [-0.2, 0) is 36.9 Å². The summed E-state index contributed by atoms with van der Waals surface area (Å²) in [6.07, 6.45) is -16.7. The molecule has 0 spiro atoms. The number of alkyl halides is 9. The van der Waals surface area contributed by atoms with Crippen molar-refractivity contribution >= 4 is 17.7 Å². The molecule has 0 saturated carbocycles. The fraction of sp³-hybridized carbons (Fsp3) is 0.452. The number of aryl methyl sites for hydroxylation is 2. The first-order valence-corrected chi connectivity index (χ1v) is 14.4. The lowest BCUT2D eigenvalue weighted by atomic mass is 9.87. The Morgan fingerprint density at radius 3 is 1.96 bits per heavy atom. The molecule has 256 valence electrons. The van der Waals surface area contributed by atoms with Gasteiger partial charge in [0.05, 0.1) is 40.2 Å². The molecule has 2 aromatic carbocycles. The number of benzene rings is 2. The Bertz CT molecular complexity index is 1610. The molecule has 2 amide bonds. The number of carbonyl (C=O) groups excluding carboxylic acids is 2. The molecular weight excluding hydrogens is 647 g/mol. The minimum absolute atomic E-state index is 0.0502. The smallest absolute Gasteiger partial charge is 0.416 e. The number of anilines is 1. The molecular formula is C31H31F9N4O3. The Balaban J connectivity index is 1.98. The van der Waals surface area contributed by atoms with E-state index in [4.69, 9.17) is 4.74 Å². The lowest BCUT2D eigenvalue weighted by molar-refractivity contribution is -0.143. The van der Waals surface area contributed by atoms with Crippen LogP contribution in [0, 0.1) is 6.92 Å². The quantitative estimate of drug-likeness (QED) is 0.245. The zero-order valence-corrected chi connectivity index (χ0v) is 25.8. The van der Waals surface area contributed by atoms with E-state index in [9.17, 15) is 49.1 Å². The van der Waals surface area contributed by atoms with Gasteiger partial charge in [0.1, 0.15) is 5.69 Å². The molecule has 1 aromatic heterocycles. The van der Waals surface area contributed by atoms with Gasteiger partial charge in [0.25, 0.3) is 5.91 Å². The molecule has 47 heavy (non-hydrogen) atoms. The second-order valence-corrected chi connectivity index (χ2v) is 11.5. The number of halogens is 9. The molecule has 1 aliphatic heterocycles. The summed E-state index contributed by atoms with van der Waals surface area (Å²) in [4.78, 5) is 29.5. The van der Waals surface area contributed by atoms with Gasteiger partial charge in [0.15, 0.2) is 0 Å². The average molecular weight is 679 g/mol. The summed E-state index contributed by atoms with van der Waals surface area (Å²) in [7, 11) is 1.39. The van der Waals surface area contributed by atoms with Crippen molar-refractivity contribution in [1.29, 1.82) is 0 Å². The summed E-state index contributed by atoms with van der Waals surface area (Å²) in [5.41, 5.74) is -4.96. The number of nitrogens with zero attached hydrogens (tertiary/aromatic N) is 4. The predicted octanol–water partition coefficient (Wildman–Crippen LogP) is 8.70. The van der Waals surface area contributed by atoms with Gasteiger partial charge in [-0.3, -0.25) is 14.4 Å². The molecule has 2 atom stereocenters. The Morgan fingerprint density at radius 1 is 0.915 bits per heavy atom. The molecule has 7 nitrogen and oxygen atoms in total. The standard InChI is InChI=1S/C31H31F9N4O3/c1-6-22-14-25(23-13-19(29(32,33)34)7-8-24(23)44(22)28(46)47-16(2)3)43(27(45)26-9-17(4)41-42(26)5)15-18-10-20(30(35,36)37)12-21(11-18)31(38,39)40/h7-13,16,22,25H,6,14-15H2,1-5H3/t22-,25+/m1/s1. The van der Waals surface area contributed by atoms with Gasteiger partial charge in [-0.1, -0.05) is 6.92 Å². The molecule has 4 rings (SSSR count). The fourth-order valence-corrected chi connectivity index (χ4v) is 5.64. The highest BCUT2D eigenvalue weighted by Gasteiger charge is 2.43. The number of hydrogen-bond donors (Lipinski definition) is 0. The number of rotatable bonds is 6. The molecule has 0 fully saturated rings. The lowest BCUT2D eigenvalue weighted by Gasteiger charge is -2.44. The van der Waals surface area contributed by atoms with Crippen LogP contribution in [0.3, 0.4) is 0 Å². The molecule has 0 radical (unpaired) electrons. The summed E-state index contributed by atoms with van der Waals surface area (Å²) < 4.78 is 131. The third-order valence-corrected chi connectivity index (χ3v) is 7.70. The van der Waals surface area contributed by atoms with E-state index in [1.165, 1.54) is 13.1 Å². The summed E-state index contributed by atoms with van der Waals surface area (Å²) in [5.74, 6) is -0.916. The molecule has 0 saturated heterocycles. The number of carbonyl (C=O) groups is 2. The van der Waals surface area contributed by atoms with Gasteiger partial charge in [-0.15, -0.1) is 0 Å². The van der Waals surface area contributed by atoms with E-state index < -0.39 is 77.5 Å². The summed E-state index contributed by atoms with van der Waals surface area (Å²) in [5, 5.41) is 4.10. The first-order valence-electron chi connectivity index (χ1n) is 14.4.